The number of rotatable bonds is 8. The number of carbonyl (C=O) groups is 1. The molecule has 0 radical (unpaired) electrons. The quantitative estimate of drug-likeness (QED) is 0.524. The highest BCUT2D eigenvalue weighted by molar-refractivity contribution is 7.92. The average molecular weight is 439 g/mol. The summed E-state index contributed by atoms with van der Waals surface area (Å²) in [6.07, 6.45) is -0.166. The fourth-order valence-corrected chi connectivity index (χ4v) is 4.02. The number of ether oxygens (including phenoxy) is 1. The van der Waals surface area contributed by atoms with Crippen LogP contribution in [0, 0.1) is 13.8 Å². The van der Waals surface area contributed by atoms with Crippen molar-refractivity contribution in [2.75, 3.05) is 10.0 Å². The number of carbonyl (C=O) groups excluding carboxylic acids is 1. The van der Waals surface area contributed by atoms with Gasteiger partial charge in [0.1, 0.15) is 5.75 Å². The fourth-order valence-electron chi connectivity index (χ4n) is 2.97. The third-order valence-electron chi connectivity index (χ3n) is 4.66. The third-order valence-corrected chi connectivity index (χ3v) is 6.06. The Bertz CT molecular complexity index is 1140. The Morgan fingerprint density at radius 3 is 2.19 bits per heavy atom. The number of nitrogens with one attached hydrogen (secondary N) is 2. The monoisotopic (exact) mass is 438 g/mol. The van der Waals surface area contributed by atoms with Crippen molar-refractivity contribution in [3.8, 4) is 5.75 Å². The van der Waals surface area contributed by atoms with Gasteiger partial charge in [-0.05, 0) is 74.4 Å². The highest BCUT2D eigenvalue weighted by Gasteiger charge is 2.19. The number of anilines is 2. The standard InChI is InChI=1S/C24H26N2O4S/c1-4-23(30-21-12-8-17(2)9-13-21)24(27)25-19-10-14-22(15-11-19)31(28,29)26-20-7-5-6-18(3)16-20/h5-16,23,26H,4H2,1-3H3,(H,25,27)/t23-/m0/s1. The molecule has 162 valence electrons. The van der Waals surface area contributed by atoms with Gasteiger partial charge in [-0.1, -0.05) is 36.8 Å². The maximum absolute atomic E-state index is 12.6. The Balaban J connectivity index is 1.66. The van der Waals surface area contributed by atoms with Crippen molar-refractivity contribution < 1.29 is 17.9 Å². The Morgan fingerprint density at radius 1 is 0.903 bits per heavy atom. The van der Waals surface area contributed by atoms with E-state index >= 15 is 0 Å². The SMILES string of the molecule is CC[C@H](Oc1ccc(C)cc1)C(=O)Nc1ccc(S(=O)(=O)Nc2cccc(C)c2)cc1. The van der Waals surface area contributed by atoms with E-state index in [0.29, 0.717) is 23.5 Å². The van der Waals surface area contributed by atoms with Gasteiger partial charge < -0.3 is 10.1 Å². The van der Waals surface area contributed by atoms with Gasteiger partial charge in [-0.15, -0.1) is 0 Å². The van der Waals surface area contributed by atoms with E-state index in [0.717, 1.165) is 11.1 Å². The normalized spacial score (nSPS) is 12.1. The third kappa shape index (κ3) is 6.08. The molecule has 3 rings (SSSR count). The van der Waals surface area contributed by atoms with E-state index in [1.54, 1.807) is 30.3 Å². The molecular weight excluding hydrogens is 412 g/mol. The molecule has 2 N–H and O–H groups in total. The lowest BCUT2D eigenvalue weighted by Crippen LogP contribution is -2.32. The van der Waals surface area contributed by atoms with Gasteiger partial charge in [0.05, 0.1) is 4.90 Å². The molecule has 0 saturated heterocycles. The first kappa shape index (κ1) is 22.4. The van der Waals surface area contributed by atoms with Crippen LogP contribution in [0.15, 0.2) is 77.7 Å². The van der Waals surface area contributed by atoms with Crippen LogP contribution >= 0.6 is 0 Å². The molecule has 0 spiro atoms. The van der Waals surface area contributed by atoms with Gasteiger partial charge in [-0.2, -0.15) is 0 Å². The summed E-state index contributed by atoms with van der Waals surface area (Å²) >= 11 is 0. The van der Waals surface area contributed by atoms with Crippen LogP contribution in [0.25, 0.3) is 0 Å². The summed E-state index contributed by atoms with van der Waals surface area (Å²) in [5, 5.41) is 2.78. The van der Waals surface area contributed by atoms with Crippen molar-refractivity contribution in [1.82, 2.24) is 0 Å². The first-order valence-electron chi connectivity index (χ1n) is 10.0. The maximum atomic E-state index is 12.6. The second-order valence-electron chi connectivity index (χ2n) is 7.32. The van der Waals surface area contributed by atoms with E-state index < -0.39 is 16.1 Å². The lowest BCUT2D eigenvalue weighted by atomic mass is 10.2. The van der Waals surface area contributed by atoms with E-state index in [-0.39, 0.29) is 10.8 Å². The van der Waals surface area contributed by atoms with E-state index in [1.165, 1.54) is 12.1 Å². The summed E-state index contributed by atoms with van der Waals surface area (Å²) in [4.78, 5) is 12.7. The number of hydrogen-bond donors (Lipinski definition) is 2. The molecule has 1 atom stereocenters. The van der Waals surface area contributed by atoms with Crippen LogP contribution in [0.4, 0.5) is 11.4 Å². The minimum Gasteiger partial charge on any atom is -0.481 e. The van der Waals surface area contributed by atoms with Crippen LogP contribution in [-0.2, 0) is 14.8 Å². The van der Waals surface area contributed by atoms with Crippen LogP contribution in [0.5, 0.6) is 5.75 Å². The Morgan fingerprint density at radius 2 is 1.58 bits per heavy atom. The molecular formula is C24H26N2O4S. The second kappa shape index (κ2) is 9.66. The molecule has 0 aliphatic carbocycles. The molecule has 31 heavy (non-hydrogen) atoms. The van der Waals surface area contributed by atoms with Gasteiger partial charge in [-0.25, -0.2) is 8.42 Å². The number of benzene rings is 3. The van der Waals surface area contributed by atoms with Gasteiger partial charge in [0, 0.05) is 11.4 Å². The Hall–Kier alpha value is -3.32. The fraction of sp³-hybridized carbons (Fsp3) is 0.208. The van der Waals surface area contributed by atoms with Crippen LogP contribution in [0.3, 0.4) is 0 Å². The second-order valence-corrected chi connectivity index (χ2v) is 9.00. The first-order chi connectivity index (χ1) is 14.8. The van der Waals surface area contributed by atoms with Gasteiger partial charge in [-0.3, -0.25) is 9.52 Å². The lowest BCUT2D eigenvalue weighted by molar-refractivity contribution is -0.122. The van der Waals surface area contributed by atoms with Gasteiger partial charge in [0.2, 0.25) is 0 Å². The predicted octanol–water partition coefficient (Wildman–Crippen LogP) is 4.90. The molecule has 3 aromatic rings. The average Bonchev–Trinajstić information content (AvgIpc) is 2.73. The summed E-state index contributed by atoms with van der Waals surface area (Å²) in [5.41, 5.74) is 3.05. The molecule has 0 aliphatic rings. The van der Waals surface area contributed by atoms with Crippen LogP contribution in [-0.4, -0.2) is 20.4 Å². The van der Waals surface area contributed by atoms with Crippen LogP contribution in [0.1, 0.15) is 24.5 Å². The van der Waals surface area contributed by atoms with Crippen LogP contribution < -0.4 is 14.8 Å². The lowest BCUT2D eigenvalue weighted by Gasteiger charge is -2.17. The number of hydrogen-bond acceptors (Lipinski definition) is 4. The minimum atomic E-state index is -3.73. The van der Waals surface area contributed by atoms with E-state index in [2.05, 4.69) is 10.0 Å². The molecule has 0 unspecified atom stereocenters. The molecule has 3 aromatic carbocycles. The summed E-state index contributed by atoms with van der Waals surface area (Å²) in [7, 11) is -3.73. The highest BCUT2D eigenvalue weighted by atomic mass is 32.2. The van der Waals surface area contributed by atoms with Crippen molar-refractivity contribution >= 4 is 27.3 Å². The van der Waals surface area contributed by atoms with Crippen molar-refractivity contribution in [2.45, 2.75) is 38.2 Å². The number of sulfonamides is 1. The molecule has 0 bridgehead atoms. The molecule has 0 fully saturated rings. The van der Waals surface area contributed by atoms with Crippen LogP contribution in [0.2, 0.25) is 0 Å². The van der Waals surface area contributed by atoms with Gasteiger partial charge in [0.25, 0.3) is 15.9 Å². The summed E-state index contributed by atoms with van der Waals surface area (Å²) < 4.78 is 33.6. The number of amides is 1. The Labute approximate surface area is 183 Å². The van der Waals surface area contributed by atoms with E-state index in [9.17, 15) is 13.2 Å². The zero-order valence-electron chi connectivity index (χ0n) is 17.8. The summed E-state index contributed by atoms with van der Waals surface area (Å²) in [6, 6.07) is 20.6. The molecule has 0 aromatic heterocycles. The first-order valence-corrected chi connectivity index (χ1v) is 11.5. The molecule has 0 heterocycles. The van der Waals surface area contributed by atoms with Crippen molar-refractivity contribution in [3.63, 3.8) is 0 Å². The smallest absolute Gasteiger partial charge is 0.265 e. The van der Waals surface area contributed by atoms with Crippen molar-refractivity contribution in [3.05, 3.63) is 83.9 Å². The van der Waals surface area contributed by atoms with Crippen molar-refractivity contribution in [2.24, 2.45) is 0 Å². The zero-order valence-corrected chi connectivity index (χ0v) is 18.6. The highest BCUT2D eigenvalue weighted by Crippen LogP contribution is 2.20. The summed E-state index contributed by atoms with van der Waals surface area (Å²) in [6.45, 7) is 5.74. The number of aryl methyl sites for hydroxylation is 2. The minimum absolute atomic E-state index is 0.106. The largest absolute Gasteiger partial charge is 0.481 e. The molecule has 0 aliphatic heterocycles. The predicted molar refractivity (Wildman–Crippen MR) is 123 cm³/mol. The van der Waals surface area contributed by atoms with E-state index in [1.807, 2.05) is 51.1 Å². The zero-order chi connectivity index (χ0) is 22.4. The maximum Gasteiger partial charge on any atom is 0.265 e. The molecule has 0 saturated carbocycles. The molecule has 6 nitrogen and oxygen atoms in total. The Kier molecular flexibility index (Phi) is 6.97. The summed E-state index contributed by atoms with van der Waals surface area (Å²) in [5.74, 6) is 0.327. The molecule has 7 heteroatoms. The van der Waals surface area contributed by atoms with E-state index in [4.69, 9.17) is 4.74 Å². The van der Waals surface area contributed by atoms with Gasteiger partial charge >= 0.3 is 0 Å². The molecule has 1 amide bonds. The van der Waals surface area contributed by atoms with Crippen molar-refractivity contribution in [1.29, 1.82) is 0 Å². The van der Waals surface area contributed by atoms with Gasteiger partial charge in [0.15, 0.2) is 6.10 Å². The topological polar surface area (TPSA) is 84.5 Å².